The Labute approximate surface area is 272 Å². The molecule has 2 atom stereocenters. The summed E-state index contributed by atoms with van der Waals surface area (Å²) in [4.78, 5) is 0. The maximum absolute atomic E-state index is 6.52. The van der Waals surface area contributed by atoms with Gasteiger partial charge in [-0.25, -0.2) is 0 Å². The average molecular weight is 731 g/mol. The van der Waals surface area contributed by atoms with Gasteiger partial charge in [0.05, 0.1) is 10.8 Å². The second-order valence-corrected chi connectivity index (χ2v) is 18.5. The first kappa shape index (κ1) is 34.2. The number of hydrogen-bond donors (Lipinski definition) is 0. The third-order valence-corrected chi connectivity index (χ3v) is 14.7. The first-order valence-electron chi connectivity index (χ1n) is 10.9. The second kappa shape index (κ2) is 15.3. The molecule has 0 aliphatic heterocycles. The monoisotopic (exact) mass is 726 g/mol. The molecule has 0 heterocycles. The van der Waals surface area contributed by atoms with Crippen molar-refractivity contribution in [2.45, 2.75) is 65.3 Å². The molecule has 0 bridgehead atoms. The van der Waals surface area contributed by atoms with Crippen molar-refractivity contribution >= 4 is 138 Å². The largest absolute Gasteiger partial charge is 0.189 e. The Balaban J connectivity index is 1.79. The van der Waals surface area contributed by atoms with Crippen LogP contribution in [0.15, 0.2) is 60.7 Å². The fraction of sp³-hybridized carbons (Fsp3) is 0.500. The molecular weight excluding hydrogens is 707 g/mol. The van der Waals surface area contributed by atoms with Crippen LogP contribution in [-0.2, 0) is 8.67 Å². The lowest BCUT2D eigenvalue weighted by molar-refractivity contribution is 0.618. The van der Waals surface area contributed by atoms with E-state index in [1.165, 1.54) is 0 Å². The van der Waals surface area contributed by atoms with Crippen LogP contribution in [-0.4, -0.2) is 18.1 Å². The lowest BCUT2D eigenvalue weighted by Crippen LogP contribution is -2.26. The molecule has 0 nitrogen and oxygen atoms in total. The smallest absolute Gasteiger partial charge is 0.119 e. The minimum absolute atomic E-state index is 0.477. The summed E-state index contributed by atoms with van der Waals surface area (Å²) in [7, 11) is 2.12. The Bertz CT molecular complexity index is 834. The molecule has 0 aliphatic rings. The zero-order valence-electron chi connectivity index (χ0n) is 18.8. The van der Waals surface area contributed by atoms with Crippen molar-refractivity contribution in [1.82, 2.24) is 0 Å². The van der Waals surface area contributed by atoms with Crippen LogP contribution in [0, 0.1) is 0 Å². The van der Waals surface area contributed by atoms with Crippen LogP contribution in [0.4, 0.5) is 0 Å². The molecular formula is C24H24Cl10S2. The SMILES string of the molecule is ClC(CCCC(Cl)(Cl)c1ccccc1)C(Cl)(Cl)SSC(Cl)(Cl)C(Cl)CCCC(Cl)(Cl)c1ccccc1. The summed E-state index contributed by atoms with van der Waals surface area (Å²) in [5.41, 5.74) is 1.64. The van der Waals surface area contributed by atoms with E-state index in [1.807, 2.05) is 60.7 Å². The second-order valence-electron chi connectivity index (χ2n) is 8.15. The van der Waals surface area contributed by atoms with E-state index in [-0.39, 0.29) is 0 Å². The van der Waals surface area contributed by atoms with E-state index in [0.29, 0.717) is 38.5 Å². The molecule has 0 N–H and O–H groups in total. The van der Waals surface area contributed by atoms with Crippen LogP contribution in [0.3, 0.4) is 0 Å². The topological polar surface area (TPSA) is 0 Å². The third kappa shape index (κ3) is 11.1. The van der Waals surface area contributed by atoms with Crippen molar-refractivity contribution in [2.24, 2.45) is 0 Å². The quantitative estimate of drug-likeness (QED) is 0.132. The maximum atomic E-state index is 6.52. The van der Waals surface area contributed by atoms with Crippen LogP contribution < -0.4 is 0 Å². The Morgan fingerprint density at radius 1 is 0.528 bits per heavy atom. The number of hydrogen-bond acceptors (Lipinski definition) is 2. The number of alkyl halides is 10. The van der Waals surface area contributed by atoms with Crippen molar-refractivity contribution < 1.29 is 0 Å². The van der Waals surface area contributed by atoms with Crippen molar-refractivity contribution in [2.75, 3.05) is 0 Å². The fourth-order valence-corrected chi connectivity index (χ4v) is 8.74. The van der Waals surface area contributed by atoms with Crippen molar-refractivity contribution in [1.29, 1.82) is 0 Å². The van der Waals surface area contributed by atoms with Gasteiger partial charge in [-0.1, -0.05) is 153 Å². The van der Waals surface area contributed by atoms with E-state index < -0.39 is 26.8 Å². The minimum Gasteiger partial charge on any atom is -0.119 e. The van der Waals surface area contributed by atoms with Crippen LogP contribution in [0.1, 0.15) is 49.7 Å². The van der Waals surface area contributed by atoms with E-state index in [4.69, 9.17) is 116 Å². The number of halogens is 10. The van der Waals surface area contributed by atoms with E-state index in [9.17, 15) is 0 Å². The van der Waals surface area contributed by atoms with E-state index in [0.717, 1.165) is 32.7 Å². The first-order valence-corrected chi connectivity index (χ1v) is 17.0. The molecule has 0 fully saturated rings. The molecule has 2 unspecified atom stereocenters. The van der Waals surface area contributed by atoms with Crippen molar-refractivity contribution in [3.63, 3.8) is 0 Å². The Kier molecular flexibility index (Phi) is 14.6. The van der Waals surface area contributed by atoms with Gasteiger partial charge in [-0.2, -0.15) is 0 Å². The predicted octanol–water partition coefficient (Wildman–Crippen LogP) is 12.8. The highest BCUT2D eigenvalue weighted by Crippen LogP contribution is 2.57. The molecule has 2 rings (SSSR count). The summed E-state index contributed by atoms with van der Waals surface area (Å²) in [5.74, 6) is 0. The molecule has 0 saturated heterocycles. The van der Waals surface area contributed by atoms with Gasteiger partial charge in [-0.15, -0.1) is 23.2 Å². The zero-order chi connectivity index (χ0) is 27.0. The average Bonchev–Trinajstić information content (AvgIpc) is 2.83. The highest BCUT2D eigenvalue weighted by molar-refractivity contribution is 8.78. The van der Waals surface area contributed by atoms with Gasteiger partial charge >= 0.3 is 0 Å². The Morgan fingerprint density at radius 2 is 0.833 bits per heavy atom. The molecule has 202 valence electrons. The summed E-state index contributed by atoms with van der Waals surface area (Å²) < 4.78 is -4.81. The van der Waals surface area contributed by atoms with Crippen molar-refractivity contribution in [3.05, 3.63) is 71.8 Å². The van der Waals surface area contributed by atoms with E-state index >= 15 is 0 Å². The van der Waals surface area contributed by atoms with Crippen LogP contribution >= 0.6 is 138 Å². The first-order chi connectivity index (χ1) is 16.7. The van der Waals surface area contributed by atoms with Gasteiger partial charge in [0.25, 0.3) is 0 Å². The molecule has 2 aromatic rings. The summed E-state index contributed by atoms with van der Waals surface area (Å²) in [6.07, 6.45) is 3.13. The van der Waals surface area contributed by atoms with Crippen LogP contribution in [0.2, 0.25) is 0 Å². The van der Waals surface area contributed by atoms with Gasteiger partial charge in [-0.05, 0) is 71.2 Å². The number of rotatable bonds is 15. The van der Waals surface area contributed by atoms with Gasteiger partial charge in [-0.3, -0.25) is 0 Å². The molecule has 0 saturated carbocycles. The predicted molar refractivity (Wildman–Crippen MR) is 171 cm³/mol. The number of benzene rings is 2. The van der Waals surface area contributed by atoms with Gasteiger partial charge in [0.1, 0.15) is 8.67 Å². The fourth-order valence-electron chi connectivity index (χ4n) is 3.21. The van der Waals surface area contributed by atoms with E-state index in [2.05, 4.69) is 0 Å². The highest BCUT2D eigenvalue weighted by atomic mass is 35.5. The molecule has 36 heavy (non-hydrogen) atoms. The third-order valence-electron chi connectivity index (χ3n) is 5.28. The maximum Gasteiger partial charge on any atom is 0.189 e. The highest BCUT2D eigenvalue weighted by Gasteiger charge is 2.42. The van der Waals surface area contributed by atoms with Gasteiger partial charge in [0.2, 0.25) is 0 Å². The molecule has 0 aromatic heterocycles. The van der Waals surface area contributed by atoms with Crippen LogP contribution in [0.5, 0.6) is 0 Å². The summed E-state index contributed by atoms with van der Waals surface area (Å²) in [5, 5.41) is -1.23. The van der Waals surface area contributed by atoms with Gasteiger partial charge < -0.3 is 0 Å². The summed E-state index contributed by atoms with van der Waals surface area (Å²) in [6.45, 7) is 0. The summed E-state index contributed by atoms with van der Waals surface area (Å²) in [6, 6.07) is 18.9. The van der Waals surface area contributed by atoms with Crippen molar-refractivity contribution in [3.8, 4) is 0 Å². The molecule has 0 spiro atoms. The van der Waals surface area contributed by atoms with Gasteiger partial charge in [0.15, 0.2) is 7.33 Å². The van der Waals surface area contributed by atoms with E-state index in [1.54, 1.807) is 0 Å². The normalized spacial score (nSPS) is 15.1. The Morgan fingerprint density at radius 3 is 1.14 bits per heavy atom. The van der Waals surface area contributed by atoms with Crippen LogP contribution in [0.25, 0.3) is 0 Å². The molecule has 0 aliphatic carbocycles. The lowest BCUT2D eigenvalue weighted by Gasteiger charge is -2.30. The standard InChI is InChI=1S/C24H24Cl10S2/c25-19(13-7-15-21(27,28)17-9-3-1-4-10-17)23(31,32)35-36-24(33,34)20(26)14-8-16-22(29,30)18-11-5-2-6-12-18/h1-6,9-12,19-20H,7-8,13-16H2. The zero-order valence-corrected chi connectivity index (χ0v) is 28.0. The summed E-state index contributed by atoms with van der Waals surface area (Å²) >= 11 is 65.1. The lowest BCUT2D eigenvalue weighted by atomic mass is 10.1. The van der Waals surface area contributed by atoms with Gasteiger partial charge in [0, 0.05) is 0 Å². The molecule has 0 amide bonds. The molecule has 12 heteroatoms. The Hall–Kier alpha value is 2.04. The molecule has 0 radical (unpaired) electrons. The molecule has 2 aromatic carbocycles. The minimum atomic E-state index is -1.37.